The van der Waals surface area contributed by atoms with Crippen molar-refractivity contribution in [3.8, 4) is 0 Å². The number of amides is 2. The van der Waals surface area contributed by atoms with E-state index in [-0.39, 0.29) is 12.2 Å². The number of nitrogens with one attached hydrogen (secondary N) is 2. The summed E-state index contributed by atoms with van der Waals surface area (Å²) < 4.78 is 31.6. The molecule has 2 rings (SSSR count). The molecule has 27 heavy (non-hydrogen) atoms. The van der Waals surface area contributed by atoms with Gasteiger partial charge in [0.25, 0.3) is 11.5 Å². The van der Waals surface area contributed by atoms with Gasteiger partial charge in [0.15, 0.2) is 18.2 Å². The Labute approximate surface area is 151 Å². The molecule has 0 spiro atoms. The molecular weight excluding hydrogens is 364 g/mol. The normalized spacial score (nSPS) is 10.1. The number of anilines is 1. The molecule has 142 valence electrons. The van der Waals surface area contributed by atoms with Crippen molar-refractivity contribution in [2.24, 2.45) is 0 Å². The number of hydrogen-bond acceptors (Lipinski definition) is 5. The van der Waals surface area contributed by atoms with Gasteiger partial charge in [0.1, 0.15) is 6.54 Å². The summed E-state index contributed by atoms with van der Waals surface area (Å²) in [6, 6.07) is 7.15. The van der Waals surface area contributed by atoms with E-state index in [4.69, 9.17) is 4.74 Å². The minimum Gasteiger partial charge on any atom is -0.454 e. The van der Waals surface area contributed by atoms with Gasteiger partial charge in [-0.2, -0.15) is 0 Å². The molecule has 0 radical (unpaired) electrons. The van der Waals surface area contributed by atoms with Gasteiger partial charge in [0.05, 0.1) is 6.54 Å². The van der Waals surface area contributed by atoms with Gasteiger partial charge in [-0.3, -0.25) is 19.2 Å². The predicted octanol–water partition coefficient (Wildman–Crippen LogP) is 0.425. The summed E-state index contributed by atoms with van der Waals surface area (Å²) in [5, 5.41) is 4.46. The standard InChI is InChI=1S/C17H15F2N3O5/c18-12-5-4-11(7-13(12)19)21-14(23)8-20-15(24)10-27-17(26)9-22-6-2-1-3-16(22)25/h1-7H,8-10H2,(H,20,24)(H,21,23). The van der Waals surface area contributed by atoms with Crippen molar-refractivity contribution in [1.29, 1.82) is 0 Å². The van der Waals surface area contributed by atoms with Crippen molar-refractivity contribution in [1.82, 2.24) is 9.88 Å². The predicted molar refractivity (Wildman–Crippen MR) is 89.7 cm³/mol. The molecule has 1 aromatic heterocycles. The van der Waals surface area contributed by atoms with E-state index in [1.807, 2.05) is 0 Å². The van der Waals surface area contributed by atoms with E-state index in [0.717, 1.165) is 22.8 Å². The molecule has 10 heteroatoms. The largest absolute Gasteiger partial charge is 0.454 e. The highest BCUT2D eigenvalue weighted by molar-refractivity contribution is 5.94. The Morgan fingerprint density at radius 2 is 1.81 bits per heavy atom. The maximum absolute atomic E-state index is 13.0. The van der Waals surface area contributed by atoms with E-state index >= 15 is 0 Å². The average molecular weight is 379 g/mol. The van der Waals surface area contributed by atoms with Gasteiger partial charge in [-0.25, -0.2) is 8.78 Å². The summed E-state index contributed by atoms with van der Waals surface area (Å²) in [5.74, 6) is -4.41. The van der Waals surface area contributed by atoms with Crippen LogP contribution in [0.4, 0.5) is 14.5 Å². The Morgan fingerprint density at radius 3 is 2.52 bits per heavy atom. The van der Waals surface area contributed by atoms with Crippen LogP contribution in [0.5, 0.6) is 0 Å². The molecule has 0 atom stereocenters. The Hall–Kier alpha value is -3.56. The zero-order chi connectivity index (χ0) is 19.8. The molecule has 0 fully saturated rings. The van der Waals surface area contributed by atoms with E-state index in [0.29, 0.717) is 0 Å². The maximum Gasteiger partial charge on any atom is 0.326 e. The summed E-state index contributed by atoms with van der Waals surface area (Å²) in [4.78, 5) is 46.3. The number of pyridine rings is 1. The first kappa shape index (κ1) is 19.8. The van der Waals surface area contributed by atoms with Crippen molar-refractivity contribution in [3.63, 3.8) is 0 Å². The first-order valence-electron chi connectivity index (χ1n) is 7.68. The van der Waals surface area contributed by atoms with Crippen LogP contribution in [0.15, 0.2) is 47.4 Å². The number of ether oxygens (including phenoxy) is 1. The Bertz CT molecular complexity index is 913. The van der Waals surface area contributed by atoms with Gasteiger partial charge < -0.3 is 19.9 Å². The second kappa shape index (κ2) is 9.22. The van der Waals surface area contributed by atoms with Crippen LogP contribution in [0, 0.1) is 11.6 Å². The lowest BCUT2D eigenvalue weighted by molar-refractivity contribution is -0.149. The lowest BCUT2D eigenvalue weighted by atomic mass is 10.3. The number of carbonyl (C=O) groups excluding carboxylic acids is 3. The molecule has 0 saturated carbocycles. The monoisotopic (exact) mass is 379 g/mol. The quantitative estimate of drug-likeness (QED) is 0.679. The Kier molecular flexibility index (Phi) is 6.75. The minimum atomic E-state index is -1.12. The fourth-order valence-corrected chi connectivity index (χ4v) is 1.93. The van der Waals surface area contributed by atoms with Gasteiger partial charge in [0.2, 0.25) is 5.91 Å². The van der Waals surface area contributed by atoms with Gasteiger partial charge in [-0.05, 0) is 18.2 Å². The molecule has 1 heterocycles. The topological polar surface area (TPSA) is 106 Å². The van der Waals surface area contributed by atoms with Crippen LogP contribution in [-0.4, -0.2) is 35.5 Å². The van der Waals surface area contributed by atoms with Crippen LogP contribution < -0.4 is 16.2 Å². The molecule has 0 aliphatic heterocycles. The number of aromatic nitrogens is 1. The van der Waals surface area contributed by atoms with Crippen LogP contribution in [0.3, 0.4) is 0 Å². The van der Waals surface area contributed by atoms with Crippen molar-refractivity contribution in [2.45, 2.75) is 6.54 Å². The first-order chi connectivity index (χ1) is 12.8. The Balaban J connectivity index is 1.71. The van der Waals surface area contributed by atoms with Gasteiger partial charge >= 0.3 is 5.97 Å². The molecule has 0 saturated heterocycles. The highest BCUT2D eigenvalue weighted by Gasteiger charge is 2.11. The van der Waals surface area contributed by atoms with Crippen LogP contribution in [0.1, 0.15) is 0 Å². The molecule has 2 N–H and O–H groups in total. The fraction of sp³-hybridized carbons (Fsp3) is 0.176. The van der Waals surface area contributed by atoms with Crippen molar-refractivity contribution in [2.75, 3.05) is 18.5 Å². The van der Waals surface area contributed by atoms with Crippen LogP contribution in [0.25, 0.3) is 0 Å². The zero-order valence-corrected chi connectivity index (χ0v) is 13.9. The number of carbonyl (C=O) groups is 3. The molecule has 1 aromatic carbocycles. The highest BCUT2D eigenvalue weighted by atomic mass is 19.2. The Morgan fingerprint density at radius 1 is 1.04 bits per heavy atom. The maximum atomic E-state index is 13.0. The molecule has 2 amide bonds. The summed E-state index contributed by atoms with van der Waals surface area (Å²) in [6.45, 7) is -1.46. The van der Waals surface area contributed by atoms with Gasteiger partial charge in [0, 0.05) is 24.0 Å². The SMILES string of the molecule is O=C(COC(=O)Cn1ccccc1=O)NCC(=O)Nc1ccc(F)c(F)c1. The fourth-order valence-electron chi connectivity index (χ4n) is 1.93. The third-order valence-electron chi connectivity index (χ3n) is 3.21. The number of hydrogen-bond donors (Lipinski definition) is 2. The molecule has 0 aliphatic carbocycles. The summed E-state index contributed by atoms with van der Waals surface area (Å²) in [5.41, 5.74) is -0.374. The van der Waals surface area contributed by atoms with Gasteiger partial charge in [-0.1, -0.05) is 6.07 Å². The first-order valence-corrected chi connectivity index (χ1v) is 7.68. The summed E-state index contributed by atoms with van der Waals surface area (Å²) >= 11 is 0. The third-order valence-corrected chi connectivity index (χ3v) is 3.21. The van der Waals surface area contributed by atoms with E-state index in [1.165, 1.54) is 18.3 Å². The van der Waals surface area contributed by atoms with E-state index in [2.05, 4.69) is 10.6 Å². The summed E-state index contributed by atoms with van der Waals surface area (Å²) in [7, 11) is 0. The van der Waals surface area contributed by atoms with Crippen LogP contribution in [-0.2, 0) is 25.7 Å². The number of halogens is 2. The molecule has 0 unspecified atom stereocenters. The van der Waals surface area contributed by atoms with Crippen LogP contribution in [0.2, 0.25) is 0 Å². The number of benzene rings is 1. The molecular formula is C17H15F2N3O5. The van der Waals surface area contributed by atoms with E-state index in [9.17, 15) is 28.0 Å². The second-order valence-electron chi connectivity index (χ2n) is 5.28. The molecule has 0 bridgehead atoms. The summed E-state index contributed by atoms with van der Waals surface area (Å²) in [6.07, 6.45) is 1.40. The smallest absolute Gasteiger partial charge is 0.326 e. The number of rotatable bonds is 7. The molecule has 2 aromatic rings. The van der Waals surface area contributed by atoms with Crippen LogP contribution >= 0.6 is 0 Å². The van der Waals surface area contributed by atoms with Gasteiger partial charge in [-0.15, -0.1) is 0 Å². The second-order valence-corrected chi connectivity index (χ2v) is 5.28. The van der Waals surface area contributed by atoms with E-state index < -0.39 is 48.1 Å². The molecule has 8 nitrogen and oxygen atoms in total. The van der Waals surface area contributed by atoms with E-state index in [1.54, 1.807) is 6.07 Å². The van der Waals surface area contributed by atoms with Crippen molar-refractivity contribution < 1.29 is 27.9 Å². The lowest BCUT2D eigenvalue weighted by Crippen LogP contribution is -2.36. The molecule has 0 aliphatic rings. The zero-order valence-electron chi connectivity index (χ0n) is 13.9. The average Bonchev–Trinajstić information content (AvgIpc) is 2.63. The van der Waals surface area contributed by atoms with Crippen molar-refractivity contribution >= 4 is 23.5 Å². The number of esters is 1. The number of nitrogens with zero attached hydrogens (tertiary/aromatic N) is 1. The minimum absolute atomic E-state index is 0.0212. The third kappa shape index (κ3) is 6.34. The highest BCUT2D eigenvalue weighted by Crippen LogP contribution is 2.12. The lowest BCUT2D eigenvalue weighted by Gasteiger charge is -2.08. The van der Waals surface area contributed by atoms with Crippen molar-refractivity contribution in [3.05, 3.63) is 64.6 Å².